The van der Waals surface area contributed by atoms with Crippen LogP contribution >= 0.6 is 27.4 Å². The molecule has 7 fully saturated rings. The van der Waals surface area contributed by atoms with Gasteiger partial charge in [0.05, 0.1) is 41.2 Å². The van der Waals surface area contributed by atoms with Gasteiger partial charge in [-0.05, 0) is 139 Å². The standard InChI is InChI=1S/C23H37N4O5P.C14H21N3O4.C9H17ClNOP.C9H19NO.C6H15N.CH4/c1-6-16-17(31-33-27-12-9-10-18(27)23(7-2,8-3)32-33)14-20(30-16)26-13-11-19(25-22(26)29)24-21(28)15(4)5;1-4-10-9(18)7-12(21-10)17-6-5-11(16-14(17)20)15-13(19)8(2)3;1-3-9(4-2)8-6-5-7-11(8)13(10)12-9;1-3-9(11,4-2)8-6-5-7-10-8;1-4-7(5-2)6-3;/h11,13,15-18,20H,6-10,12,14H2,1-5H3,(H,24,25,28,29);5-6,8-10,12,18H,4,7H2,1-3H3,(H,15,16,19,20);8H,3-7H2,1-2H3;8,10-11H,3-7H2,1-2H3;4-6H2,1-3H3;1H4/t16-,17?,18+,20-,33+;9?,10-,12-;8-,13?;8-;;/m1100../s1. The second-order valence-corrected chi connectivity index (χ2v) is 27.4. The molecule has 86 heavy (non-hydrogen) atoms. The van der Waals surface area contributed by atoms with Crippen molar-refractivity contribution in [2.75, 3.05) is 49.9 Å². The number of halogens is 1. The molecule has 0 aliphatic carbocycles. The van der Waals surface area contributed by atoms with Crippen LogP contribution in [-0.4, -0.2) is 154 Å². The minimum atomic E-state index is -1.14. The first-order chi connectivity index (χ1) is 40.5. The highest BCUT2D eigenvalue weighted by atomic mass is 35.7. The van der Waals surface area contributed by atoms with Gasteiger partial charge in [-0.1, -0.05) is 111 Å². The van der Waals surface area contributed by atoms with Crippen molar-refractivity contribution in [3.05, 3.63) is 45.5 Å². The van der Waals surface area contributed by atoms with Gasteiger partial charge in [0.15, 0.2) is 0 Å². The van der Waals surface area contributed by atoms with Crippen LogP contribution in [-0.2, 0) is 32.6 Å². The second kappa shape index (κ2) is 35.9. The van der Waals surface area contributed by atoms with E-state index in [0.717, 1.165) is 77.4 Å². The molecule has 7 aliphatic heterocycles. The molecule has 24 heteroatoms. The lowest BCUT2D eigenvalue weighted by atomic mass is 9.88. The molecule has 21 nitrogen and oxygen atoms in total. The zero-order valence-corrected chi connectivity index (χ0v) is 56.7. The summed E-state index contributed by atoms with van der Waals surface area (Å²) in [4.78, 5) is 58.4. The molecular weight excluding hydrogens is 1160 g/mol. The number of fused-ring (bicyclic) bond motifs is 2. The lowest BCUT2D eigenvalue weighted by Crippen LogP contribution is -2.46. The molecule has 0 spiro atoms. The Labute approximate surface area is 523 Å². The van der Waals surface area contributed by atoms with Crippen molar-refractivity contribution < 1.29 is 42.8 Å². The van der Waals surface area contributed by atoms with Gasteiger partial charge in [-0.15, -0.1) is 0 Å². The summed E-state index contributed by atoms with van der Waals surface area (Å²) in [5.41, 5.74) is -1.46. The van der Waals surface area contributed by atoms with E-state index >= 15 is 0 Å². The number of nitrogens with one attached hydrogen (secondary N) is 3. The highest BCUT2D eigenvalue weighted by Crippen LogP contribution is 2.64. The van der Waals surface area contributed by atoms with Crippen molar-refractivity contribution in [3.63, 3.8) is 0 Å². The zero-order chi connectivity index (χ0) is 62.8. The monoisotopic (exact) mass is 1270 g/mol. The summed E-state index contributed by atoms with van der Waals surface area (Å²) in [6.45, 7) is 37.4. The third-order valence-electron chi connectivity index (χ3n) is 18.5. The number of aliphatic hydroxyl groups is 2. The van der Waals surface area contributed by atoms with E-state index in [4.69, 9.17) is 34.3 Å². The largest absolute Gasteiger partial charge is 0.390 e. The molecule has 0 bridgehead atoms. The molecule has 2 aromatic rings. The Bertz CT molecular complexity index is 2450. The summed E-state index contributed by atoms with van der Waals surface area (Å²) < 4.78 is 38.7. The maximum Gasteiger partial charge on any atom is 0.351 e. The van der Waals surface area contributed by atoms with Crippen molar-refractivity contribution in [3.8, 4) is 0 Å². The number of carbonyl (C=O) groups excluding carboxylic acids is 2. The number of aliphatic hydroxyl groups excluding tert-OH is 1. The first-order valence-electron chi connectivity index (χ1n) is 32.4. The number of ether oxygens (including phenoxy) is 2. The fraction of sp³-hybridized carbons (Fsp3) is 0.839. The van der Waals surface area contributed by atoms with E-state index in [0.29, 0.717) is 37.4 Å². The fourth-order valence-corrected chi connectivity index (χ4v) is 17.3. The van der Waals surface area contributed by atoms with Crippen molar-refractivity contribution in [1.29, 1.82) is 0 Å². The topological polar surface area (TPSA) is 236 Å². The summed E-state index contributed by atoms with van der Waals surface area (Å²) in [7, 11) is -1.94. The lowest BCUT2D eigenvalue weighted by molar-refractivity contribution is -0.119. The number of hydrogen-bond acceptors (Lipinski definition) is 17. The Morgan fingerprint density at radius 3 is 1.60 bits per heavy atom. The first-order valence-corrected chi connectivity index (χ1v) is 35.6. The molecule has 9 heterocycles. The number of rotatable bonds is 20. The van der Waals surface area contributed by atoms with Gasteiger partial charge in [-0.3, -0.25) is 18.7 Å². The Morgan fingerprint density at radius 1 is 0.733 bits per heavy atom. The van der Waals surface area contributed by atoms with Gasteiger partial charge in [0, 0.05) is 68.3 Å². The van der Waals surface area contributed by atoms with Crippen LogP contribution in [0.25, 0.3) is 0 Å². The normalized spacial score (nSPS) is 28.1. The summed E-state index contributed by atoms with van der Waals surface area (Å²) in [6, 6.07) is 4.56. The van der Waals surface area contributed by atoms with Gasteiger partial charge >= 0.3 is 11.4 Å². The van der Waals surface area contributed by atoms with E-state index in [-0.39, 0.29) is 72.2 Å². The van der Waals surface area contributed by atoms with Gasteiger partial charge in [0.25, 0.3) is 8.53 Å². The summed E-state index contributed by atoms with van der Waals surface area (Å²) in [6.07, 6.45) is 16.6. The minimum Gasteiger partial charge on any atom is -0.390 e. The van der Waals surface area contributed by atoms with Gasteiger partial charge in [0.2, 0.25) is 19.5 Å². The van der Waals surface area contributed by atoms with Crippen LogP contribution in [0, 0.1) is 11.8 Å². The van der Waals surface area contributed by atoms with E-state index in [1.165, 1.54) is 60.6 Å². The number of amides is 2. The predicted octanol–water partition coefficient (Wildman–Crippen LogP) is 11.9. The molecule has 494 valence electrons. The van der Waals surface area contributed by atoms with Crippen molar-refractivity contribution >= 4 is 50.9 Å². The van der Waals surface area contributed by atoms with Crippen LogP contribution in [0.15, 0.2) is 34.1 Å². The van der Waals surface area contributed by atoms with Crippen molar-refractivity contribution in [2.24, 2.45) is 11.8 Å². The highest BCUT2D eigenvalue weighted by molar-refractivity contribution is 7.78. The SMILES string of the molecule is C.CCC(O)(CC)[C@@H]1CCCN1.CCC1(CC)OP(Cl)N2CCC[C@H]21.CCN(CC)CC.CC[C@H]1O[C@@H](n2ccc(NC(=O)C(C)C)nc2=O)CC1O.CC[C@H]1O[C@@H](n2ccc(NC(=O)C(C)C)nc2=O)CC1O[P@@]1OC(CC)(CC)[C@@H]2CCCN21. The van der Waals surface area contributed by atoms with Crippen molar-refractivity contribution in [2.45, 2.75) is 286 Å². The molecule has 2 aromatic heterocycles. The Hall–Kier alpha value is -2.59. The molecule has 3 unspecified atom stereocenters. The quantitative estimate of drug-likeness (QED) is 0.0775. The van der Waals surface area contributed by atoms with Crippen LogP contribution in [0.2, 0.25) is 0 Å². The first kappa shape index (κ1) is 75.9. The number of carbonyl (C=O) groups is 2. The summed E-state index contributed by atoms with van der Waals surface area (Å²) in [5, 5.41) is 28.5. The number of nitrogens with zero attached hydrogens (tertiary/aromatic N) is 7. The highest BCUT2D eigenvalue weighted by Gasteiger charge is 2.56. The lowest BCUT2D eigenvalue weighted by Gasteiger charge is -2.32. The van der Waals surface area contributed by atoms with Gasteiger partial charge < -0.3 is 54.1 Å². The molecule has 9 rings (SSSR count). The smallest absolute Gasteiger partial charge is 0.351 e. The molecule has 7 aliphatic rings. The van der Waals surface area contributed by atoms with Gasteiger partial charge in [-0.2, -0.15) is 9.97 Å². The fourth-order valence-electron chi connectivity index (χ4n) is 12.5. The molecule has 5 N–H and O–H groups in total. The Balaban J connectivity index is 0.000000255. The van der Waals surface area contributed by atoms with Crippen molar-refractivity contribution in [1.82, 2.24) is 38.7 Å². The second-order valence-electron chi connectivity index (χ2n) is 24.0. The van der Waals surface area contributed by atoms with E-state index in [2.05, 4.69) is 109 Å². The molecule has 0 saturated carbocycles. The maximum atomic E-state index is 12.7. The van der Waals surface area contributed by atoms with Gasteiger partial charge in [-0.25, -0.2) is 18.9 Å². The molecule has 0 radical (unpaired) electrons. The number of aromatic nitrogens is 4. The maximum absolute atomic E-state index is 12.7. The van der Waals surface area contributed by atoms with E-state index < -0.39 is 51.7 Å². The average Bonchev–Trinajstić information content (AvgIpc) is 1.85. The Kier molecular flexibility index (Phi) is 31.6. The summed E-state index contributed by atoms with van der Waals surface area (Å²) >= 11 is 6.22. The van der Waals surface area contributed by atoms with Crippen LogP contribution < -0.4 is 27.3 Å². The third kappa shape index (κ3) is 19.0. The van der Waals surface area contributed by atoms with E-state index in [1.54, 1.807) is 46.0 Å². The Morgan fingerprint density at radius 2 is 1.20 bits per heavy atom. The van der Waals surface area contributed by atoms with Crippen LogP contribution in [0.3, 0.4) is 0 Å². The predicted molar refractivity (Wildman–Crippen MR) is 347 cm³/mol. The minimum absolute atomic E-state index is 0. The third-order valence-corrected chi connectivity index (χ3v) is 22.6. The molecular formula is C62H113ClN10O11P2. The van der Waals surface area contributed by atoms with Crippen LogP contribution in [0.5, 0.6) is 0 Å². The molecule has 11 atom stereocenters. The molecule has 0 aromatic carbocycles. The van der Waals surface area contributed by atoms with Crippen LogP contribution in [0.1, 0.15) is 226 Å². The summed E-state index contributed by atoms with van der Waals surface area (Å²) in [5.74, 6) is -0.270. The molecule has 7 saturated heterocycles. The average molecular weight is 1270 g/mol. The van der Waals surface area contributed by atoms with E-state index in [1.807, 2.05) is 6.92 Å². The number of hydrogen-bond donors (Lipinski definition) is 5. The van der Waals surface area contributed by atoms with Gasteiger partial charge in [0.1, 0.15) is 24.1 Å². The van der Waals surface area contributed by atoms with Crippen LogP contribution in [0.4, 0.5) is 11.6 Å². The zero-order valence-electron chi connectivity index (χ0n) is 54.2. The molecule has 2 amide bonds. The number of anilines is 2. The van der Waals surface area contributed by atoms with E-state index in [9.17, 15) is 29.4 Å².